The number of ether oxygens (including phenoxy) is 2. The van der Waals surface area contributed by atoms with Gasteiger partial charge in [-0.15, -0.1) is 0 Å². The fourth-order valence-corrected chi connectivity index (χ4v) is 6.89. The molecule has 4 nitrogen and oxygen atoms in total. The van der Waals surface area contributed by atoms with Crippen molar-refractivity contribution in [3.63, 3.8) is 0 Å². The average molecular weight is 543 g/mol. The van der Waals surface area contributed by atoms with Crippen molar-refractivity contribution < 1.29 is 19.0 Å². The maximum Gasteiger partial charge on any atom is 0.191 e. The van der Waals surface area contributed by atoms with E-state index in [4.69, 9.17) is 13.9 Å². The molecule has 0 spiro atoms. The Balaban J connectivity index is 1.61. The lowest BCUT2D eigenvalue weighted by atomic mass is 9.51. The highest BCUT2D eigenvalue weighted by molar-refractivity contribution is 6.74. The molecule has 214 valence electrons. The van der Waals surface area contributed by atoms with Crippen LogP contribution in [-0.2, 0) is 15.8 Å². The van der Waals surface area contributed by atoms with Gasteiger partial charge in [-0.2, -0.15) is 0 Å². The van der Waals surface area contributed by atoms with E-state index in [0.29, 0.717) is 36.9 Å². The number of rotatable bonds is 12. The van der Waals surface area contributed by atoms with E-state index < -0.39 is 13.9 Å². The largest absolute Gasteiger partial charge is 0.497 e. The van der Waals surface area contributed by atoms with Crippen molar-refractivity contribution in [3.8, 4) is 5.75 Å². The minimum Gasteiger partial charge on any atom is -0.497 e. The van der Waals surface area contributed by atoms with E-state index >= 15 is 0 Å². The highest BCUT2D eigenvalue weighted by atomic mass is 28.4. The van der Waals surface area contributed by atoms with Crippen molar-refractivity contribution in [2.45, 2.75) is 91.6 Å². The zero-order chi connectivity index (χ0) is 28.4. The molecule has 0 heterocycles. The van der Waals surface area contributed by atoms with Crippen molar-refractivity contribution in [1.29, 1.82) is 0 Å². The molecule has 3 aliphatic rings. The molecule has 0 amide bonds. The van der Waals surface area contributed by atoms with Gasteiger partial charge in [-0.25, -0.2) is 0 Å². The summed E-state index contributed by atoms with van der Waals surface area (Å²) in [4.78, 5) is 0. The van der Waals surface area contributed by atoms with E-state index in [1.54, 1.807) is 7.11 Å². The topological polar surface area (TPSA) is 47.9 Å². The third kappa shape index (κ3) is 7.02. The number of benzene rings is 1. The van der Waals surface area contributed by atoms with Gasteiger partial charge in [-0.3, -0.25) is 0 Å². The van der Waals surface area contributed by atoms with Crippen LogP contribution in [0.2, 0.25) is 18.1 Å². The van der Waals surface area contributed by atoms with Gasteiger partial charge in [0.15, 0.2) is 8.32 Å². The average Bonchev–Trinajstić information content (AvgIpc) is 2.83. The van der Waals surface area contributed by atoms with Crippen molar-refractivity contribution in [1.82, 2.24) is 0 Å². The highest BCUT2D eigenvalue weighted by Gasteiger charge is 2.55. The van der Waals surface area contributed by atoms with Gasteiger partial charge < -0.3 is 19.0 Å². The van der Waals surface area contributed by atoms with Crippen molar-refractivity contribution in [2.24, 2.45) is 35.0 Å². The normalized spacial score (nSPS) is 29.3. The Morgan fingerprint density at radius 1 is 1.08 bits per heavy atom. The molecule has 0 radical (unpaired) electrons. The predicted octanol–water partition coefficient (Wildman–Crippen LogP) is 8.03. The molecular weight excluding hydrogens is 488 g/mol. The molecule has 6 atom stereocenters. The first-order valence-electron chi connectivity index (χ1n) is 14.6. The van der Waals surface area contributed by atoms with Gasteiger partial charge in [-0.1, -0.05) is 84.9 Å². The Kier molecular flexibility index (Phi) is 9.83. The lowest BCUT2D eigenvalue weighted by Gasteiger charge is -2.57. The lowest BCUT2D eigenvalue weighted by Crippen LogP contribution is -2.56. The van der Waals surface area contributed by atoms with Gasteiger partial charge in [-0.05, 0) is 78.3 Å². The van der Waals surface area contributed by atoms with Gasteiger partial charge >= 0.3 is 0 Å². The first-order chi connectivity index (χ1) is 17.6. The Morgan fingerprint density at radius 2 is 1.74 bits per heavy atom. The number of fused-ring (bicyclic) bond motifs is 2. The third-order valence-electron chi connectivity index (χ3n) is 9.81. The van der Waals surface area contributed by atoms with Crippen LogP contribution in [0.3, 0.4) is 0 Å². The van der Waals surface area contributed by atoms with E-state index in [1.807, 2.05) is 24.3 Å². The van der Waals surface area contributed by atoms with Crippen LogP contribution in [0.25, 0.3) is 0 Å². The van der Waals surface area contributed by atoms with Crippen LogP contribution >= 0.6 is 0 Å². The molecule has 3 aliphatic carbocycles. The second kappa shape index (κ2) is 12.0. The Morgan fingerprint density at radius 3 is 2.29 bits per heavy atom. The first kappa shape index (κ1) is 31.1. The van der Waals surface area contributed by atoms with Crippen LogP contribution in [0.15, 0.2) is 48.6 Å². The number of hydrogen-bond acceptors (Lipinski definition) is 4. The maximum atomic E-state index is 11.9. The smallest absolute Gasteiger partial charge is 0.191 e. The monoisotopic (exact) mass is 542 g/mol. The molecule has 0 saturated heterocycles. The minimum absolute atomic E-state index is 0.214. The molecule has 1 aromatic rings. The van der Waals surface area contributed by atoms with Crippen LogP contribution in [0.1, 0.15) is 66.9 Å². The molecule has 38 heavy (non-hydrogen) atoms. The Bertz CT molecular complexity index is 960. The number of methoxy groups -OCH3 is 1. The number of aliphatic hydroxyl groups is 1. The summed E-state index contributed by atoms with van der Waals surface area (Å²) in [6.45, 7) is 22.7. The fraction of sp³-hybridized carbons (Fsp3) is 0.697. The second-order valence-corrected chi connectivity index (χ2v) is 18.9. The van der Waals surface area contributed by atoms with E-state index in [9.17, 15) is 5.11 Å². The Labute approximate surface area is 234 Å². The number of hydrogen-bond donors (Lipinski definition) is 1. The molecule has 0 unspecified atom stereocenters. The standard InChI is InChI=1S/C33H54O4Si/c1-24(2)30(23-37-38(9,10)31(4,5)6)29-20-32(7)17-16-27(29)19-33(32,34)18-15-25(3)21-36-22-26-11-13-28(35-8)14-12-26/h11-18,24-25,27,29-30,34H,19-23H2,1-10H3/b18-15+/t25-,27+,29+,30+,32+,33+/m0/s1. The van der Waals surface area contributed by atoms with Gasteiger partial charge in [0.1, 0.15) is 5.75 Å². The van der Waals surface area contributed by atoms with Gasteiger partial charge in [0, 0.05) is 12.0 Å². The van der Waals surface area contributed by atoms with Gasteiger partial charge in [0.25, 0.3) is 0 Å². The summed E-state index contributed by atoms with van der Waals surface area (Å²) in [6, 6.07) is 7.99. The molecule has 5 heteroatoms. The molecule has 2 bridgehead atoms. The first-order valence-corrected chi connectivity index (χ1v) is 17.5. The second-order valence-electron chi connectivity index (χ2n) is 14.1. The SMILES string of the molecule is COc1ccc(COC[C@@H](C)/C=C/[C@@]2(O)C[C@H]3C=C[C@]2(C)C[C@H]3[C@H](CO[Si](C)(C)C(C)(C)C)C(C)C)cc1. The van der Waals surface area contributed by atoms with Gasteiger partial charge in [0.2, 0.25) is 0 Å². The summed E-state index contributed by atoms with van der Waals surface area (Å²) in [5.41, 5.74) is 0.0391. The van der Waals surface area contributed by atoms with Crippen LogP contribution in [0.4, 0.5) is 0 Å². The summed E-state index contributed by atoms with van der Waals surface area (Å²) >= 11 is 0. The summed E-state index contributed by atoms with van der Waals surface area (Å²) in [6.07, 6.45) is 10.7. The zero-order valence-corrected chi connectivity index (χ0v) is 26.7. The van der Waals surface area contributed by atoms with Crippen LogP contribution in [0.5, 0.6) is 5.75 Å². The van der Waals surface area contributed by atoms with Crippen molar-refractivity contribution in [3.05, 3.63) is 54.1 Å². The summed E-state index contributed by atoms with van der Waals surface area (Å²) in [5.74, 6) is 3.04. The third-order valence-corrected chi connectivity index (χ3v) is 14.3. The predicted molar refractivity (Wildman–Crippen MR) is 161 cm³/mol. The van der Waals surface area contributed by atoms with Crippen LogP contribution in [0, 0.1) is 35.0 Å². The molecule has 1 fully saturated rings. The zero-order valence-electron chi connectivity index (χ0n) is 25.7. The van der Waals surface area contributed by atoms with E-state index in [-0.39, 0.29) is 16.4 Å². The molecule has 0 aromatic heterocycles. The maximum absolute atomic E-state index is 11.9. The van der Waals surface area contributed by atoms with Gasteiger partial charge in [0.05, 0.1) is 25.9 Å². The molecule has 1 N–H and O–H groups in total. The van der Waals surface area contributed by atoms with Crippen LogP contribution in [-0.4, -0.2) is 39.3 Å². The molecule has 1 aromatic carbocycles. The fourth-order valence-electron chi connectivity index (χ4n) is 5.84. The molecular formula is C33H54O4Si. The van der Waals surface area contributed by atoms with Crippen LogP contribution < -0.4 is 4.74 Å². The minimum atomic E-state index is -1.80. The van der Waals surface area contributed by atoms with E-state index in [1.165, 1.54) is 0 Å². The van der Waals surface area contributed by atoms with E-state index in [0.717, 1.165) is 30.8 Å². The lowest BCUT2D eigenvalue weighted by molar-refractivity contribution is -0.0996. The molecule has 4 rings (SSSR count). The van der Waals surface area contributed by atoms with Crippen molar-refractivity contribution in [2.75, 3.05) is 20.3 Å². The van der Waals surface area contributed by atoms with E-state index in [2.05, 4.69) is 85.9 Å². The number of allylic oxidation sites excluding steroid dienone is 1. The molecule has 1 saturated carbocycles. The molecule has 0 aliphatic heterocycles. The summed E-state index contributed by atoms with van der Waals surface area (Å²) < 4.78 is 17.9. The quantitative estimate of drug-likeness (QED) is 0.214. The van der Waals surface area contributed by atoms with Crippen molar-refractivity contribution >= 4 is 8.32 Å². The summed E-state index contributed by atoms with van der Waals surface area (Å²) in [5, 5.41) is 12.1. The summed E-state index contributed by atoms with van der Waals surface area (Å²) in [7, 11) is -0.128. The highest BCUT2D eigenvalue weighted by Crippen LogP contribution is 2.57. The Hall–Kier alpha value is -1.40.